The van der Waals surface area contributed by atoms with Gasteiger partial charge in [-0.1, -0.05) is 6.07 Å². The maximum Gasteiger partial charge on any atom is 0.235 e. The van der Waals surface area contributed by atoms with Gasteiger partial charge in [0.2, 0.25) is 10.0 Å². The second-order valence-corrected chi connectivity index (χ2v) is 6.27. The highest BCUT2D eigenvalue weighted by molar-refractivity contribution is 7.92. The molecule has 1 aromatic rings. The Kier molecular flexibility index (Phi) is 4.98. The maximum absolute atomic E-state index is 11.8. The second-order valence-electron chi connectivity index (χ2n) is 4.43. The van der Waals surface area contributed by atoms with Crippen molar-refractivity contribution in [1.82, 2.24) is 0 Å². The normalized spacial score (nSPS) is 11.8. The van der Waals surface area contributed by atoms with E-state index in [9.17, 15) is 8.42 Å². The van der Waals surface area contributed by atoms with Crippen LogP contribution >= 0.6 is 0 Å². The van der Waals surface area contributed by atoms with E-state index in [4.69, 9.17) is 10.5 Å². The van der Waals surface area contributed by atoms with Gasteiger partial charge >= 0.3 is 0 Å². The van der Waals surface area contributed by atoms with Crippen LogP contribution in [0.3, 0.4) is 0 Å². The van der Waals surface area contributed by atoms with E-state index in [1.165, 1.54) is 0 Å². The molecule has 0 aliphatic rings. The summed E-state index contributed by atoms with van der Waals surface area (Å²) in [6, 6.07) is 5.19. The van der Waals surface area contributed by atoms with Gasteiger partial charge in [0.15, 0.2) is 0 Å². The number of hydrogen-bond donors (Lipinski definition) is 2. The van der Waals surface area contributed by atoms with Gasteiger partial charge < -0.3 is 10.5 Å². The van der Waals surface area contributed by atoms with E-state index in [0.29, 0.717) is 11.4 Å². The van der Waals surface area contributed by atoms with E-state index in [1.54, 1.807) is 18.2 Å². The molecule has 0 amide bonds. The second kappa shape index (κ2) is 6.06. The van der Waals surface area contributed by atoms with Gasteiger partial charge in [-0.05, 0) is 38.5 Å². The van der Waals surface area contributed by atoms with Gasteiger partial charge in [-0.3, -0.25) is 4.72 Å². The molecular formula is C12H20N2O3S. The molecule has 3 N–H and O–H groups in total. The number of ether oxygens (including phenoxy) is 1. The lowest BCUT2D eigenvalue weighted by Crippen LogP contribution is -2.22. The molecule has 0 bridgehead atoms. The standard InChI is InChI=1S/C12H20N2O3S/c1-9(2)17-6-7-18(15,16)14-12-5-4-10(3)8-11(12)13/h4-5,8-9,14H,6-7,13H2,1-3H3. The van der Waals surface area contributed by atoms with E-state index in [0.717, 1.165) is 5.56 Å². The molecule has 0 saturated carbocycles. The molecule has 0 spiro atoms. The van der Waals surface area contributed by atoms with Crippen molar-refractivity contribution in [3.63, 3.8) is 0 Å². The molecule has 0 heterocycles. The summed E-state index contributed by atoms with van der Waals surface area (Å²) in [5.74, 6) is -0.0848. The number of benzene rings is 1. The van der Waals surface area contributed by atoms with Crippen LogP contribution in [0, 0.1) is 6.92 Å². The average Bonchev–Trinajstić information content (AvgIpc) is 2.21. The van der Waals surface area contributed by atoms with Crippen LogP contribution in [0.4, 0.5) is 11.4 Å². The van der Waals surface area contributed by atoms with Gasteiger partial charge in [0.25, 0.3) is 0 Å². The Morgan fingerprint density at radius 1 is 1.39 bits per heavy atom. The molecule has 18 heavy (non-hydrogen) atoms. The van der Waals surface area contributed by atoms with Gasteiger partial charge in [0.1, 0.15) is 0 Å². The third kappa shape index (κ3) is 4.93. The van der Waals surface area contributed by atoms with Crippen LogP contribution in [0.15, 0.2) is 18.2 Å². The molecule has 0 aromatic heterocycles. The first-order valence-corrected chi connectivity index (χ1v) is 7.43. The largest absolute Gasteiger partial charge is 0.397 e. The minimum absolute atomic E-state index is 0.0182. The summed E-state index contributed by atoms with van der Waals surface area (Å²) in [5.41, 5.74) is 7.56. The van der Waals surface area contributed by atoms with Crippen LogP contribution in [0.2, 0.25) is 0 Å². The summed E-state index contributed by atoms with van der Waals surface area (Å²) in [5, 5.41) is 0. The Balaban J connectivity index is 2.65. The Labute approximate surface area is 108 Å². The Hall–Kier alpha value is -1.27. The van der Waals surface area contributed by atoms with E-state index in [-0.39, 0.29) is 18.5 Å². The van der Waals surface area contributed by atoms with Crippen molar-refractivity contribution in [3.8, 4) is 0 Å². The minimum atomic E-state index is -3.42. The topological polar surface area (TPSA) is 81.4 Å². The number of hydrogen-bond acceptors (Lipinski definition) is 4. The number of nitrogens with two attached hydrogens (primary N) is 1. The van der Waals surface area contributed by atoms with Crippen molar-refractivity contribution in [3.05, 3.63) is 23.8 Å². The van der Waals surface area contributed by atoms with Crippen LogP contribution in [-0.4, -0.2) is 26.9 Å². The molecular weight excluding hydrogens is 252 g/mol. The zero-order valence-corrected chi connectivity index (χ0v) is 11.8. The summed E-state index contributed by atoms with van der Waals surface area (Å²) in [7, 11) is -3.42. The Bertz CT molecular complexity index is 498. The molecule has 0 fully saturated rings. The number of sulfonamides is 1. The highest BCUT2D eigenvalue weighted by Gasteiger charge is 2.12. The first-order valence-electron chi connectivity index (χ1n) is 5.78. The van der Waals surface area contributed by atoms with Crippen molar-refractivity contribution in [1.29, 1.82) is 0 Å². The lowest BCUT2D eigenvalue weighted by Gasteiger charge is -2.12. The maximum atomic E-state index is 11.8. The van der Waals surface area contributed by atoms with Crippen LogP contribution < -0.4 is 10.5 Å². The molecule has 1 rings (SSSR count). The summed E-state index contributed by atoms with van der Waals surface area (Å²) in [6.07, 6.45) is 0.0182. The molecule has 102 valence electrons. The van der Waals surface area contributed by atoms with Gasteiger partial charge in [0, 0.05) is 0 Å². The van der Waals surface area contributed by atoms with E-state index in [2.05, 4.69) is 4.72 Å². The van der Waals surface area contributed by atoms with Crippen LogP contribution in [0.5, 0.6) is 0 Å². The monoisotopic (exact) mass is 272 g/mol. The van der Waals surface area contributed by atoms with Crippen LogP contribution in [-0.2, 0) is 14.8 Å². The molecule has 0 unspecified atom stereocenters. The van der Waals surface area contributed by atoms with E-state index >= 15 is 0 Å². The number of nitrogens with one attached hydrogen (secondary N) is 1. The number of aryl methyl sites for hydroxylation is 1. The predicted octanol–water partition coefficient (Wildman–Crippen LogP) is 1.74. The SMILES string of the molecule is Cc1ccc(NS(=O)(=O)CCOC(C)C)c(N)c1. The molecule has 0 saturated heterocycles. The predicted molar refractivity (Wildman–Crippen MR) is 74.1 cm³/mol. The smallest absolute Gasteiger partial charge is 0.235 e. The first kappa shape index (κ1) is 14.8. The van der Waals surface area contributed by atoms with Gasteiger partial charge in [-0.15, -0.1) is 0 Å². The fourth-order valence-corrected chi connectivity index (χ4v) is 2.33. The summed E-state index contributed by atoms with van der Waals surface area (Å²) in [4.78, 5) is 0. The summed E-state index contributed by atoms with van der Waals surface area (Å²) >= 11 is 0. The van der Waals surface area contributed by atoms with Crippen molar-refractivity contribution in [2.45, 2.75) is 26.9 Å². The molecule has 0 radical (unpaired) electrons. The molecule has 0 atom stereocenters. The Morgan fingerprint density at radius 2 is 2.06 bits per heavy atom. The van der Waals surface area contributed by atoms with Gasteiger partial charge in [-0.25, -0.2) is 8.42 Å². The van der Waals surface area contributed by atoms with Crippen LogP contribution in [0.1, 0.15) is 19.4 Å². The van der Waals surface area contributed by atoms with Crippen molar-refractivity contribution in [2.24, 2.45) is 0 Å². The van der Waals surface area contributed by atoms with Crippen molar-refractivity contribution in [2.75, 3.05) is 22.8 Å². The molecule has 0 aliphatic heterocycles. The van der Waals surface area contributed by atoms with Gasteiger partial charge in [0.05, 0.1) is 29.8 Å². The number of rotatable bonds is 6. The van der Waals surface area contributed by atoms with Crippen LogP contribution in [0.25, 0.3) is 0 Å². The molecule has 1 aromatic carbocycles. The molecule has 6 heteroatoms. The van der Waals surface area contributed by atoms with Gasteiger partial charge in [-0.2, -0.15) is 0 Å². The lowest BCUT2D eigenvalue weighted by atomic mass is 10.2. The minimum Gasteiger partial charge on any atom is -0.397 e. The zero-order valence-electron chi connectivity index (χ0n) is 10.9. The summed E-state index contributed by atoms with van der Waals surface area (Å²) in [6.45, 7) is 5.78. The summed E-state index contributed by atoms with van der Waals surface area (Å²) < 4.78 is 31.2. The quantitative estimate of drug-likeness (QED) is 0.773. The third-order valence-corrected chi connectivity index (χ3v) is 3.51. The highest BCUT2D eigenvalue weighted by atomic mass is 32.2. The number of nitrogen functional groups attached to an aromatic ring is 1. The fraction of sp³-hybridized carbons (Fsp3) is 0.500. The molecule has 0 aliphatic carbocycles. The third-order valence-electron chi connectivity index (χ3n) is 2.28. The van der Waals surface area contributed by atoms with Crippen molar-refractivity contribution < 1.29 is 13.2 Å². The zero-order chi connectivity index (χ0) is 13.8. The van der Waals surface area contributed by atoms with E-state index < -0.39 is 10.0 Å². The first-order chi connectivity index (χ1) is 8.30. The highest BCUT2D eigenvalue weighted by Crippen LogP contribution is 2.20. The lowest BCUT2D eigenvalue weighted by molar-refractivity contribution is 0.0913. The Morgan fingerprint density at radius 3 is 2.61 bits per heavy atom. The van der Waals surface area contributed by atoms with Crippen molar-refractivity contribution >= 4 is 21.4 Å². The fourth-order valence-electron chi connectivity index (χ4n) is 1.39. The number of anilines is 2. The molecule has 5 nitrogen and oxygen atoms in total. The average molecular weight is 272 g/mol. The van der Waals surface area contributed by atoms with E-state index in [1.807, 2.05) is 20.8 Å².